The number of hydrogen-bond acceptors (Lipinski definition) is 4. The van der Waals surface area contributed by atoms with E-state index in [2.05, 4.69) is 27.2 Å². The Balaban J connectivity index is 2.08. The quantitative estimate of drug-likeness (QED) is 0.646. The number of aromatic nitrogens is 3. The maximum atomic E-state index is 5.76. The fraction of sp³-hybridized carbons (Fsp3) is 0.750. The lowest BCUT2D eigenvalue weighted by Gasteiger charge is -2.34. The van der Waals surface area contributed by atoms with Crippen molar-refractivity contribution in [3.05, 3.63) is 12.2 Å². The topological polar surface area (TPSA) is 37.2 Å². The van der Waals surface area contributed by atoms with Crippen LogP contribution < -0.4 is 5.01 Å². The lowest BCUT2D eigenvalue weighted by atomic mass is 10.4. The monoisotopic (exact) mass is 215 g/mol. The summed E-state index contributed by atoms with van der Waals surface area (Å²) in [6.45, 7) is 4.14. The number of alkyl halides is 1. The second-order valence-electron chi connectivity index (χ2n) is 3.48. The van der Waals surface area contributed by atoms with E-state index in [4.69, 9.17) is 11.6 Å². The standard InChI is InChI=1S/C8H14ClN5/c1-12-2-4-13(5-3-12)14-7-10-11-8(14)6-9/h7H,2-6H2,1H3. The normalized spacial score (nSPS) is 18.9. The highest BCUT2D eigenvalue weighted by molar-refractivity contribution is 6.16. The third-order valence-electron chi connectivity index (χ3n) is 2.50. The molecule has 0 spiro atoms. The third kappa shape index (κ3) is 1.83. The average Bonchev–Trinajstić information content (AvgIpc) is 2.67. The molecule has 0 atom stereocenters. The smallest absolute Gasteiger partial charge is 0.166 e. The molecular weight excluding hydrogens is 202 g/mol. The van der Waals surface area contributed by atoms with E-state index in [1.807, 2.05) is 4.68 Å². The van der Waals surface area contributed by atoms with Crippen LogP contribution in [0.2, 0.25) is 0 Å². The Morgan fingerprint density at radius 1 is 1.36 bits per heavy atom. The van der Waals surface area contributed by atoms with E-state index in [1.165, 1.54) is 0 Å². The molecular formula is C8H14ClN5. The van der Waals surface area contributed by atoms with Crippen LogP contribution in [-0.4, -0.2) is 53.0 Å². The fourth-order valence-corrected chi connectivity index (χ4v) is 1.77. The zero-order valence-electron chi connectivity index (χ0n) is 8.23. The largest absolute Gasteiger partial charge is 0.308 e. The van der Waals surface area contributed by atoms with Gasteiger partial charge in [0.05, 0.1) is 5.88 Å². The van der Waals surface area contributed by atoms with Crippen LogP contribution in [0, 0.1) is 0 Å². The molecule has 2 heterocycles. The van der Waals surface area contributed by atoms with Crippen molar-refractivity contribution in [2.75, 3.05) is 38.2 Å². The predicted molar refractivity (Wildman–Crippen MR) is 55.0 cm³/mol. The van der Waals surface area contributed by atoms with Crippen LogP contribution in [0.25, 0.3) is 0 Å². The van der Waals surface area contributed by atoms with Crippen molar-refractivity contribution < 1.29 is 0 Å². The summed E-state index contributed by atoms with van der Waals surface area (Å²) in [6.07, 6.45) is 1.73. The highest BCUT2D eigenvalue weighted by Gasteiger charge is 2.16. The van der Waals surface area contributed by atoms with Gasteiger partial charge in [-0.2, -0.15) is 0 Å². The minimum absolute atomic E-state index is 0.409. The van der Waals surface area contributed by atoms with Gasteiger partial charge in [-0.1, -0.05) is 0 Å². The van der Waals surface area contributed by atoms with Crippen molar-refractivity contribution >= 4 is 11.6 Å². The van der Waals surface area contributed by atoms with E-state index in [1.54, 1.807) is 6.33 Å². The lowest BCUT2D eigenvalue weighted by molar-refractivity contribution is 0.286. The number of rotatable bonds is 2. The molecule has 1 aromatic heterocycles. The molecule has 6 heteroatoms. The summed E-state index contributed by atoms with van der Waals surface area (Å²) in [5.74, 6) is 1.23. The molecule has 0 bridgehead atoms. The number of hydrogen-bond donors (Lipinski definition) is 0. The molecule has 1 saturated heterocycles. The summed E-state index contributed by atoms with van der Waals surface area (Å²) in [7, 11) is 2.13. The van der Waals surface area contributed by atoms with Crippen LogP contribution in [0.1, 0.15) is 5.82 Å². The molecule has 1 fully saturated rings. The fourth-order valence-electron chi connectivity index (χ4n) is 1.59. The first kappa shape index (κ1) is 9.73. The molecule has 0 unspecified atom stereocenters. The summed E-state index contributed by atoms with van der Waals surface area (Å²) in [5.41, 5.74) is 0. The Labute approximate surface area is 88.2 Å². The summed E-state index contributed by atoms with van der Waals surface area (Å²) in [5, 5.41) is 10.0. The van der Waals surface area contributed by atoms with Gasteiger partial charge < -0.3 is 9.91 Å². The van der Waals surface area contributed by atoms with Crippen LogP contribution >= 0.6 is 11.6 Å². The van der Waals surface area contributed by atoms with Gasteiger partial charge in [0.1, 0.15) is 6.33 Å². The molecule has 0 radical (unpaired) electrons. The molecule has 14 heavy (non-hydrogen) atoms. The van der Waals surface area contributed by atoms with Crippen LogP contribution in [0.4, 0.5) is 0 Å². The molecule has 1 aromatic rings. The Morgan fingerprint density at radius 3 is 2.71 bits per heavy atom. The van der Waals surface area contributed by atoms with Gasteiger partial charge in [0, 0.05) is 26.2 Å². The number of halogens is 1. The minimum Gasteiger partial charge on any atom is -0.308 e. The van der Waals surface area contributed by atoms with Gasteiger partial charge in [-0.05, 0) is 7.05 Å². The Kier molecular flexibility index (Phi) is 2.88. The summed E-state index contributed by atoms with van der Waals surface area (Å²) < 4.78 is 1.96. The number of piperazine rings is 1. The highest BCUT2D eigenvalue weighted by Crippen LogP contribution is 2.04. The van der Waals surface area contributed by atoms with Gasteiger partial charge >= 0.3 is 0 Å². The average molecular weight is 216 g/mol. The van der Waals surface area contributed by atoms with Crippen molar-refractivity contribution in [3.63, 3.8) is 0 Å². The highest BCUT2D eigenvalue weighted by atomic mass is 35.5. The van der Waals surface area contributed by atoms with Crippen LogP contribution in [0.3, 0.4) is 0 Å². The second-order valence-corrected chi connectivity index (χ2v) is 3.75. The van der Waals surface area contributed by atoms with E-state index in [0.29, 0.717) is 5.88 Å². The SMILES string of the molecule is CN1CCN(n2cnnc2CCl)CC1. The molecule has 0 N–H and O–H groups in total. The Hall–Kier alpha value is -0.810. The number of nitrogens with zero attached hydrogens (tertiary/aromatic N) is 5. The van der Waals surface area contributed by atoms with Crippen molar-refractivity contribution in [2.45, 2.75) is 5.88 Å². The molecule has 78 valence electrons. The van der Waals surface area contributed by atoms with Crippen molar-refractivity contribution in [3.8, 4) is 0 Å². The maximum absolute atomic E-state index is 5.76. The Morgan fingerprint density at radius 2 is 2.07 bits per heavy atom. The van der Waals surface area contributed by atoms with Crippen LogP contribution in [-0.2, 0) is 5.88 Å². The molecule has 0 amide bonds. The van der Waals surface area contributed by atoms with Gasteiger partial charge in [0.15, 0.2) is 5.82 Å². The summed E-state index contributed by atoms with van der Waals surface area (Å²) in [4.78, 5) is 2.31. The molecule has 0 aromatic carbocycles. The summed E-state index contributed by atoms with van der Waals surface area (Å²) >= 11 is 5.76. The molecule has 1 aliphatic rings. The molecule has 5 nitrogen and oxygen atoms in total. The lowest BCUT2D eigenvalue weighted by Crippen LogP contribution is -2.50. The first-order valence-electron chi connectivity index (χ1n) is 4.70. The van der Waals surface area contributed by atoms with Gasteiger partial charge in [0.25, 0.3) is 0 Å². The molecule has 1 aliphatic heterocycles. The van der Waals surface area contributed by atoms with E-state index in [0.717, 1.165) is 32.0 Å². The van der Waals surface area contributed by atoms with Gasteiger partial charge in [0.2, 0.25) is 0 Å². The molecule has 0 saturated carbocycles. The zero-order valence-corrected chi connectivity index (χ0v) is 8.98. The number of likely N-dealkylation sites (N-methyl/N-ethyl adjacent to an activating group) is 1. The third-order valence-corrected chi connectivity index (χ3v) is 2.74. The van der Waals surface area contributed by atoms with Crippen molar-refractivity contribution in [1.82, 2.24) is 19.8 Å². The van der Waals surface area contributed by atoms with Crippen molar-refractivity contribution in [1.29, 1.82) is 0 Å². The van der Waals surface area contributed by atoms with Gasteiger partial charge in [-0.15, -0.1) is 21.8 Å². The zero-order chi connectivity index (χ0) is 9.97. The first-order chi connectivity index (χ1) is 6.81. The Bertz CT molecular complexity index is 292. The van der Waals surface area contributed by atoms with E-state index in [9.17, 15) is 0 Å². The maximum Gasteiger partial charge on any atom is 0.166 e. The first-order valence-corrected chi connectivity index (χ1v) is 5.23. The van der Waals surface area contributed by atoms with E-state index >= 15 is 0 Å². The molecule has 0 aliphatic carbocycles. The minimum atomic E-state index is 0.409. The van der Waals surface area contributed by atoms with E-state index < -0.39 is 0 Å². The predicted octanol–water partition coefficient (Wildman–Crippen LogP) is -0.0997. The van der Waals surface area contributed by atoms with E-state index in [-0.39, 0.29) is 0 Å². The summed E-state index contributed by atoms with van der Waals surface area (Å²) in [6, 6.07) is 0. The second kappa shape index (κ2) is 4.14. The van der Waals surface area contributed by atoms with Crippen LogP contribution in [0.15, 0.2) is 6.33 Å². The van der Waals surface area contributed by atoms with Crippen molar-refractivity contribution in [2.24, 2.45) is 0 Å². The van der Waals surface area contributed by atoms with Crippen LogP contribution in [0.5, 0.6) is 0 Å². The van der Waals surface area contributed by atoms with Gasteiger partial charge in [-0.3, -0.25) is 0 Å². The van der Waals surface area contributed by atoms with Gasteiger partial charge in [-0.25, -0.2) is 4.68 Å². The molecule has 2 rings (SSSR count).